The minimum atomic E-state index is -0.933. The van der Waals surface area contributed by atoms with Crippen LogP contribution in [0.4, 0.5) is 8.78 Å². The van der Waals surface area contributed by atoms with Gasteiger partial charge in [0.05, 0.1) is 5.56 Å². The Hall–Kier alpha value is -2.49. The molecule has 7 nitrogen and oxygen atoms in total. The first kappa shape index (κ1) is 23.2. The Balaban J connectivity index is 1.37. The van der Waals surface area contributed by atoms with Gasteiger partial charge in [0.2, 0.25) is 5.91 Å². The van der Waals surface area contributed by atoms with Gasteiger partial charge in [0.1, 0.15) is 17.5 Å². The molecule has 2 aromatic rings. The standard InChI is InChI=1S/C21H27F2N5O2S/c1-31-21-27-26-18(28(21)15-5-2-3-6-15)7-4-11-24-19(29)10-12-25-20(30)16-9-8-14(22)13-17(16)23/h8-9,13,15H,2-7,10-12H2,1H3,(H,24,29)(H,25,30). The number of hydrogen-bond donors (Lipinski definition) is 2. The molecule has 0 spiro atoms. The van der Waals surface area contributed by atoms with Crippen LogP contribution in [0, 0.1) is 11.6 Å². The summed E-state index contributed by atoms with van der Waals surface area (Å²) in [7, 11) is 0. The lowest BCUT2D eigenvalue weighted by molar-refractivity contribution is -0.120. The maximum atomic E-state index is 13.6. The minimum absolute atomic E-state index is 0.0641. The van der Waals surface area contributed by atoms with E-state index >= 15 is 0 Å². The number of benzene rings is 1. The summed E-state index contributed by atoms with van der Waals surface area (Å²) in [4.78, 5) is 23.9. The second-order valence-corrected chi connectivity index (χ2v) is 8.27. The van der Waals surface area contributed by atoms with Crippen LogP contribution in [-0.2, 0) is 11.2 Å². The van der Waals surface area contributed by atoms with Gasteiger partial charge in [0.25, 0.3) is 5.91 Å². The molecule has 168 valence electrons. The Morgan fingerprint density at radius 3 is 2.65 bits per heavy atom. The number of halogens is 2. The molecule has 0 bridgehead atoms. The molecule has 31 heavy (non-hydrogen) atoms. The van der Waals surface area contributed by atoms with Crippen molar-refractivity contribution in [2.24, 2.45) is 0 Å². The molecule has 0 saturated heterocycles. The highest BCUT2D eigenvalue weighted by Crippen LogP contribution is 2.33. The first-order valence-electron chi connectivity index (χ1n) is 10.5. The Bertz CT molecular complexity index is 915. The van der Waals surface area contributed by atoms with E-state index in [0.29, 0.717) is 18.7 Å². The maximum absolute atomic E-state index is 13.6. The van der Waals surface area contributed by atoms with Crippen LogP contribution in [0.1, 0.15) is 60.7 Å². The van der Waals surface area contributed by atoms with E-state index in [9.17, 15) is 18.4 Å². The van der Waals surface area contributed by atoms with E-state index in [1.165, 1.54) is 12.8 Å². The molecule has 10 heteroatoms. The van der Waals surface area contributed by atoms with E-state index in [4.69, 9.17) is 0 Å². The van der Waals surface area contributed by atoms with Crippen molar-refractivity contribution in [1.29, 1.82) is 0 Å². The molecule has 0 unspecified atom stereocenters. The number of carbonyl (C=O) groups excluding carboxylic acids is 2. The van der Waals surface area contributed by atoms with Crippen LogP contribution >= 0.6 is 11.8 Å². The van der Waals surface area contributed by atoms with Gasteiger partial charge in [-0.1, -0.05) is 24.6 Å². The van der Waals surface area contributed by atoms with Gasteiger partial charge in [-0.2, -0.15) is 0 Å². The van der Waals surface area contributed by atoms with Crippen LogP contribution in [0.3, 0.4) is 0 Å². The third-order valence-corrected chi connectivity index (χ3v) is 5.96. The number of nitrogens with one attached hydrogen (secondary N) is 2. The van der Waals surface area contributed by atoms with Gasteiger partial charge in [-0.15, -0.1) is 10.2 Å². The Morgan fingerprint density at radius 1 is 1.16 bits per heavy atom. The third kappa shape index (κ3) is 6.25. The molecule has 1 saturated carbocycles. The molecule has 3 rings (SSSR count). The SMILES string of the molecule is CSc1nnc(CCCNC(=O)CCNC(=O)c2ccc(F)cc2F)n1C1CCCC1. The second-order valence-electron chi connectivity index (χ2n) is 7.49. The maximum Gasteiger partial charge on any atom is 0.254 e. The van der Waals surface area contributed by atoms with E-state index in [2.05, 4.69) is 25.4 Å². The molecule has 2 amide bonds. The lowest BCUT2D eigenvalue weighted by Gasteiger charge is -2.16. The van der Waals surface area contributed by atoms with Crippen molar-refractivity contribution in [3.63, 3.8) is 0 Å². The van der Waals surface area contributed by atoms with Gasteiger partial charge < -0.3 is 15.2 Å². The molecular formula is C21H27F2N5O2S. The van der Waals surface area contributed by atoms with Crippen molar-refractivity contribution in [3.8, 4) is 0 Å². The fourth-order valence-electron chi connectivity index (χ4n) is 3.77. The normalized spacial score (nSPS) is 14.0. The summed E-state index contributed by atoms with van der Waals surface area (Å²) in [5, 5.41) is 14.9. The van der Waals surface area contributed by atoms with E-state index in [1.807, 2.05) is 6.26 Å². The van der Waals surface area contributed by atoms with Gasteiger partial charge in [-0.05, 0) is 37.7 Å². The summed E-state index contributed by atoms with van der Waals surface area (Å²) in [5.74, 6) is -1.61. The van der Waals surface area contributed by atoms with Crippen LogP contribution in [-0.4, -0.2) is 45.9 Å². The molecule has 1 aromatic carbocycles. The largest absolute Gasteiger partial charge is 0.356 e. The van der Waals surface area contributed by atoms with Gasteiger partial charge in [0, 0.05) is 38.0 Å². The molecule has 1 aliphatic carbocycles. The Kier molecular flexibility index (Phi) is 8.39. The third-order valence-electron chi connectivity index (χ3n) is 5.32. The molecule has 2 N–H and O–H groups in total. The average molecular weight is 452 g/mol. The molecule has 0 atom stereocenters. The van der Waals surface area contributed by atoms with Crippen molar-refractivity contribution in [1.82, 2.24) is 25.4 Å². The highest BCUT2D eigenvalue weighted by Gasteiger charge is 2.23. The smallest absolute Gasteiger partial charge is 0.254 e. The summed E-state index contributed by atoms with van der Waals surface area (Å²) in [6, 6.07) is 3.21. The van der Waals surface area contributed by atoms with Crippen molar-refractivity contribution in [2.75, 3.05) is 19.3 Å². The summed E-state index contributed by atoms with van der Waals surface area (Å²) < 4.78 is 28.8. The van der Waals surface area contributed by atoms with Crippen LogP contribution in [0.25, 0.3) is 0 Å². The average Bonchev–Trinajstić information content (AvgIpc) is 3.40. The van der Waals surface area contributed by atoms with Crippen LogP contribution in [0.15, 0.2) is 23.4 Å². The van der Waals surface area contributed by atoms with Crippen LogP contribution in [0.2, 0.25) is 0 Å². The summed E-state index contributed by atoms with van der Waals surface area (Å²) in [5.41, 5.74) is -0.252. The Labute approximate surface area is 184 Å². The highest BCUT2D eigenvalue weighted by atomic mass is 32.2. The molecule has 1 fully saturated rings. The van der Waals surface area contributed by atoms with Gasteiger partial charge >= 0.3 is 0 Å². The van der Waals surface area contributed by atoms with Gasteiger partial charge in [-0.25, -0.2) is 8.78 Å². The molecular weight excluding hydrogens is 424 g/mol. The fourth-order valence-corrected chi connectivity index (χ4v) is 4.34. The van der Waals surface area contributed by atoms with Gasteiger partial charge in [0.15, 0.2) is 5.16 Å². The molecule has 1 aromatic heterocycles. The molecule has 1 aliphatic rings. The van der Waals surface area contributed by atoms with E-state index in [1.54, 1.807) is 11.8 Å². The van der Waals surface area contributed by atoms with Crippen LogP contribution in [0.5, 0.6) is 0 Å². The van der Waals surface area contributed by atoms with Crippen molar-refractivity contribution >= 4 is 23.6 Å². The monoisotopic (exact) mass is 451 g/mol. The highest BCUT2D eigenvalue weighted by molar-refractivity contribution is 7.98. The van der Waals surface area contributed by atoms with Crippen LogP contribution < -0.4 is 10.6 Å². The number of rotatable bonds is 10. The molecule has 1 heterocycles. The zero-order chi connectivity index (χ0) is 22.2. The summed E-state index contributed by atoms with van der Waals surface area (Å²) in [6.07, 6.45) is 8.31. The first-order valence-corrected chi connectivity index (χ1v) is 11.7. The van der Waals surface area contributed by atoms with Crippen molar-refractivity contribution in [2.45, 2.75) is 56.1 Å². The van der Waals surface area contributed by atoms with Gasteiger partial charge in [-0.3, -0.25) is 9.59 Å². The lowest BCUT2D eigenvalue weighted by Crippen LogP contribution is -2.31. The number of hydrogen-bond acceptors (Lipinski definition) is 5. The minimum Gasteiger partial charge on any atom is -0.356 e. The number of aryl methyl sites for hydroxylation is 1. The number of thioether (sulfide) groups is 1. The first-order chi connectivity index (χ1) is 15.0. The van der Waals surface area contributed by atoms with E-state index in [-0.39, 0.29) is 24.4 Å². The lowest BCUT2D eigenvalue weighted by atomic mass is 10.2. The summed E-state index contributed by atoms with van der Waals surface area (Å²) in [6.45, 7) is 0.556. The quantitative estimate of drug-likeness (QED) is 0.428. The molecule has 0 radical (unpaired) electrons. The predicted octanol–water partition coefficient (Wildman–Crippen LogP) is 3.26. The zero-order valence-corrected chi connectivity index (χ0v) is 18.3. The summed E-state index contributed by atoms with van der Waals surface area (Å²) >= 11 is 1.60. The number of amides is 2. The fraction of sp³-hybridized carbons (Fsp3) is 0.524. The Morgan fingerprint density at radius 2 is 1.94 bits per heavy atom. The van der Waals surface area contributed by atoms with Crippen molar-refractivity contribution < 1.29 is 18.4 Å². The number of aromatic nitrogens is 3. The van der Waals surface area contributed by atoms with E-state index < -0.39 is 17.5 Å². The zero-order valence-electron chi connectivity index (χ0n) is 17.5. The van der Waals surface area contributed by atoms with Crippen molar-refractivity contribution in [3.05, 3.63) is 41.2 Å². The predicted molar refractivity (Wildman–Crippen MR) is 114 cm³/mol. The number of carbonyl (C=O) groups is 2. The molecule has 0 aliphatic heterocycles. The topological polar surface area (TPSA) is 88.9 Å². The van der Waals surface area contributed by atoms with E-state index in [0.717, 1.165) is 48.8 Å². The number of nitrogens with zero attached hydrogens (tertiary/aromatic N) is 3. The second kappa shape index (κ2) is 11.2.